The van der Waals surface area contributed by atoms with Gasteiger partial charge in [-0.1, -0.05) is 19.1 Å². The summed E-state index contributed by atoms with van der Waals surface area (Å²) in [5.41, 5.74) is 2.29. The summed E-state index contributed by atoms with van der Waals surface area (Å²) in [6, 6.07) is 8.39. The number of benzene rings is 1. The van der Waals surface area contributed by atoms with Gasteiger partial charge in [0.15, 0.2) is 6.17 Å². The number of fused-ring (bicyclic) bond motifs is 1. The fourth-order valence-corrected chi connectivity index (χ4v) is 3.88. The maximum atomic E-state index is 4.93. The van der Waals surface area contributed by atoms with Crippen molar-refractivity contribution in [3.8, 4) is 0 Å². The van der Waals surface area contributed by atoms with Gasteiger partial charge < -0.3 is 10.2 Å². The Bertz CT molecular complexity index is 761. The molecule has 2 atom stereocenters. The molecule has 0 spiro atoms. The quantitative estimate of drug-likeness (QED) is 0.889. The van der Waals surface area contributed by atoms with Crippen molar-refractivity contribution in [2.75, 3.05) is 45.1 Å². The van der Waals surface area contributed by atoms with Gasteiger partial charge in [0, 0.05) is 45.1 Å². The number of anilines is 1. The Morgan fingerprint density at radius 2 is 2.00 bits per heavy atom. The number of amidine groups is 1. The highest BCUT2D eigenvalue weighted by molar-refractivity contribution is 6.12. The predicted molar refractivity (Wildman–Crippen MR) is 112 cm³/mol. The van der Waals surface area contributed by atoms with Gasteiger partial charge in [-0.25, -0.2) is 4.99 Å². The van der Waals surface area contributed by atoms with Crippen LogP contribution in [-0.4, -0.2) is 78.8 Å². The van der Waals surface area contributed by atoms with E-state index in [0.717, 1.165) is 43.7 Å². The molecule has 7 nitrogen and oxygen atoms in total. The second-order valence-corrected chi connectivity index (χ2v) is 7.53. The van der Waals surface area contributed by atoms with Gasteiger partial charge in [0.25, 0.3) is 0 Å². The van der Waals surface area contributed by atoms with Gasteiger partial charge in [-0.15, -0.1) is 0 Å². The average molecular weight is 368 g/mol. The first-order chi connectivity index (χ1) is 13.1. The first-order valence-electron chi connectivity index (χ1n) is 9.88. The maximum absolute atomic E-state index is 4.93. The van der Waals surface area contributed by atoms with Crippen molar-refractivity contribution in [2.24, 2.45) is 21.0 Å². The average Bonchev–Trinajstić information content (AvgIpc) is 3.04. The molecule has 1 N–H and O–H groups in total. The summed E-state index contributed by atoms with van der Waals surface area (Å²) >= 11 is 0. The molecule has 3 aliphatic heterocycles. The first kappa shape index (κ1) is 18.0. The van der Waals surface area contributed by atoms with E-state index in [1.54, 1.807) is 0 Å². The molecule has 7 heteroatoms. The molecule has 3 aliphatic rings. The largest absolute Gasteiger partial charge is 0.343 e. The zero-order valence-corrected chi connectivity index (χ0v) is 16.5. The number of aliphatic imine (C=N–C) groups is 2. The van der Waals surface area contributed by atoms with Crippen molar-refractivity contribution in [1.29, 1.82) is 0 Å². The van der Waals surface area contributed by atoms with Crippen LogP contribution in [0, 0.1) is 12.8 Å². The van der Waals surface area contributed by atoms with Crippen LogP contribution in [-0.2, 0) is 0 Å². The topological polar surface area (TPSA) is 58.8 Å². The highest BCUT2D eigenvalue weighted by atomic mass is 15.5. The van der Waals surface area contributed by atoms with Crippen molar-refractivity contribution < 1.29 is 0 Å². The van der Waals surface area contributed by atoms with E-state index in [4.69, 9.17) is 9.98 Å². The van der Waals surface area contributed by atoms with Crippen LogP contribution < -0.4 is 5.32 Å². The van der Waals surface area contributed by atoms with Crippen LogP contribution in [0.25, 0.3) is 0 Å². The number of hydrogen-bond donors (Lipinski definition) is 1. The van der Waals surface area contributed by atoms with Crippen molar-refractivity contribution in [3.63, 3.8) is 0 Å². The third kappa shape index (κ3) is 3.83. The minimum Gasteiger partial charge on any atom is -0.343 e. The van der Waals surface area contributed by atoms with Crippen LogP contribution in [0.5, 0.6) is 0 Å². The number of guanidine groups is 1. The van der Waals surface area contributed by atoms with E-state index >= 15 is 0 Å². The number of nitrogens with one attached hydrogen (secondary N) is 1. The van der Waals surface area contributed by atoms with E-state index in [1.807, 2.05) is 18.3 Å². The molecule has 1 saturated heterocycles. The number of hydrogen-bond acceptors (Lipinski definition) is 7. The van der Waals surface area contributed by atoms with Crippen LogP contribution in [0.15, 0.2) is 39.4 Å². The SMILES string of the molecule is CCCN1CCN(C2=NC3C(C=NN3C)C(Nc3cccc(C)c3)=N2)CC1. The van der Waals surface area contributed by atoms with Gasteiger partial charge in [-0.3, -0.25) is 9.91 Å². The second-order valence-electron chi connectivity index (χ2n) is 7.53. The molecule has 0 radical (unpaired) electrons. The zero-order chi connectivity index (χ0) is 18.8. The number of aryl methyl sites for hydroxylation is 1. The van der Waals surface area contributed by atoms with Crippen molar-refractivity contribution in [1.82, 2.24) is 14.8 Å². The third-order valence-electron chi connectivity index (χ3n) is 5.38. The monoisotopic (exact) mass is 367 g/mol. The van der Waals surface area contributed by atoms with E-state index in [2.05, 4.69) is 58.3 Å². The molecule has 0 bridgehead atoms. The Kier molecular flexibility index (Phi) is 5.11. The van der Waals surface area contributed by atoms with E-state index in [0.29, 0.717) is 0 Å². The summed E-state index contributed by atoms with van der Waals surface area (Å²) in [4.78, 5) is 14.7. The van der Waals surface area contributed by atoms with E-state index in [1.165, 1.54) is 18.5 Å². The van der Waals surface area contributed by atoms with Gasteiger partial charge in [0.05, 0.1) is 5.92 Å². The molecule has 3 heterocycles. The number of nitrogens with zero attached hydrogens (tertiary/aromatic N) is 6. The van der Waals surface area contributed by atoms with Crippen LogP contribution in [0.4, 0.5) is 5.69 Å². The minimum absolute atomic E-state index is 0.0153. The van der Waals surface area contributed by atoms with Crippen molar-refractivity contribution >= 4 is 23.7 Å². The number of piperazine rings is 1. The Balaban J connectivity index is 1.54. The molecule has 0 saturated carbocycles. The summed E-state index contributed by atoms with van der Waals surface area (Å²) in [7, 11) is 1.98. The molecular weight excluding hydrogens is 338 g/mol. The lowest BCUT2D eigenvalue weighted by atomic mass is 10.1. The smallest absolute Gasteiger partial charge is 0.224 e. The van der Waals surface area contributed by atoms with Gasteiger partial charge in [0.1, 0.15) is 5.84 Å². The van der Waals surface area contributed by atoms with Crippen LogP contribution in [0.1, 0.15) is 18.9 Å². The standard InChI is InChI=1S/C20H29N7/c1-4-8-26-9-11-27(12-10-26)20-23-18(17-14-21-25(3)19(17)24-20)22-16-7-5-6-15(2)13-16/h5-7,13-14,17,19H,4,8-12H2,1-3H3,(H,22,23,24). The molecular formula is C20H29N7. The molecule has 1 fully saturated rings. The summed E-state index contributed by atoms with van der Waals surface area (Å²) in [6.45, 7) is 9.60. The molecule has 0 aromatic heterocycles. The molecule has 144 valence electrons. The maximum Gasteiger partial charge on any atom is 0.224 e. The van der Waals surface area contributed by atoms with Gasteiger partial charge in [-0.2, -0.15) is 10.1 Å². The first-order valence-corrected chi connectivity index (χ1v) is 9.88. The fourth-order valence-electron chi connectivity index (χ4n) is 3.88. The number of rotatable bonds is 3. The van der Waals surface area contributed by atoms with Crippen molar-refractivity contribution in [2.45, 2.75) is 26.4 Å². The normalized spacial score (nSPS) is 25.3. The summed E-state index contributed by atoms with van der Waals surface area (Å²) in [5.74, 6) is 1.83. The molecule has 0 amide bonds. The summed E-state index contributed by atoms with van der Waals surface area (Å²) < 4.78 is 0. The van der Waals surface area contributed by atoms with E-state index in [-0.39, 0.29) is 12.1 Å². The third-order valence-corrected chi connectivity index (χ3v) is 5.38. The Labute approximate surface area is 161 Å². The van der Waals surface area contributed by atoms with E-state index in [9.17, 15) is 0 Å². The van der Waals surface area contributed by atoms with E-state index < -0.39 is 0 Å². The lowest BCUT2D eigenvalue weighted by molar-refractivity contribution is 0.178. The summed E-state index contributed by atoms with van der Waals surface area (Å²) in [5, 5.41) is 9.92. The molecule has 1 aromatic rings. The summed E-state index contributed by atoms with van der Waals surface area (Å²) in [6.07, 6.45) is 3.14. The van der Waals surface area contributed by atoms with Gasteiger partial charge in [-0.05, 0) is 37.6 Å². The minimum atomic E-state index is -0.0153. The Hall–Kier alpha value is -2.41. The second kappa shape index (κ2) is 7.68. The zero-order valence-electron chi connectivity index (χ0n) is 16.5. The highest BCUT2D eigenvalue weighted by Gasteiger charge is 2.37. The van der Waals surface area contributed by atoms with Crippen LogP contribution in [0.2, 0.25) is 0 Å². The van der Waals surface area contributed by atoms with Crippen LogP contribution >= 0.6 is 0 Å². The van der Waals surface area contributed by atoms with Gasteiger partial charge in [0.2, 0.25) is 5.96 Å². The molecule has 27 heavy (non-hydrogen) atoms. The predicted octanol–water partition coefficient (Wildman–Crippen LogP) is 2.08. The molecule has 4 rings (SSSR count). The molecule has 2 unspecified atom stereocenters. The fraction of sp³-hybridized carbons (Fsp3) is 0.550. The molecule has 0 aliphatic carbocycles. The lowest BCUT2D eigenvalue weighted by Crippen LogP contribution is -2.51. The molecule has 1 aromatic carbocycles. The highest BCUT2D eigenvalue weighted by Crippen LogP contribution is 2.25. The Morgan fingerprint density at radius 1 is 1.19 bits per heavy atom. The van der Waals surface area contributed by atoms with Crippen molar-refractivity contribution in [3.05, 3.63) is 29.8 Å². The Morgan fingerprint density at radius 3 is 2.74 bits per heavy atom. The van der Waals surface area contributed by atoms with Gasteiger partial charge >= 0.3 is 0 Å². The lowest BCUT2D eigenvalue weighted by Gasteiger charge is -2.37. The number of hydrazone groups is 1. The van der Waals surface area contributed by atoms with Crippen LogP contribution in [0.3, 0.4) is 0 Å².